The molecule has 2 heterocycles. The molecule has 2 fully saturated rings. The van der Waals surface area contributed by atoms with E-state index in [-0.39, 0.29) is 0 Å². The Morgan fingerprint density at radius 2 is 2.04 bits per heavy atom. The molecule has 1 aliphatic heterocycles. The molecule has 27 heavy (non-hydrogen) atoms. The van der Waals surface area contributed by atoms with E-state index < -0.39 is 0 Å². The van der Waals surface area contributed by atoms with Crippen molar-refractivity contribution in [3.63, 3.8) is 0 Å². The van der Waals surface area contributed by atoms with E-state index in [4.69, 9.17) is 9.47 Å². The number of ether oxygens (including phenoxy) is 2. The minimum Gasteiger partial charge on any atom is -0.480 e. The van der Waals surface area contributed by atoms with Gasteiger partial charge in [-0.05, 0) is 40.6 Å². The summed E-state index contributed by atoms with van der Waals surface area (Å²) in [6, 6.07) is 0. The van der Waals surface area contributed by atoms with Crippen LogP contribution in [0.1, 0.15) is 19.3 Å². The first-order chi connectivity index (χ1) is 13.1. The lowest BCUT2D eigenvalue weighted by Crippen LogP contribution is -2.53. The number of guanidine groups is 1. The molecule has 0 unspecified atom stereocenters. The zero-order chi connectivity index (χ0) is 19.3. The first-order valence-electron chi connectivity index (χ1n) is 9.37. The predicted molar refractivity (Wildman–Crippen MR) is 110 cm³/mol. The van der Waals surface area contributed by atoms with Crippen molar-refractivity contribution < 1.29 is 9.47 Å². The van der Waals surface area contributed by atoms with Gasteiger partial charge in [-0.15, -0.1) is 0 Å². The molecule has 0 radical (unpaired) electrons. The molecule has 8 nitrogen and oxygen atoms in total. The van der Waals surface area contributed by atoms with Crippen molar-refractivity contribution in [2.45, 2.75) is 19.3 Å². The van der Waals surface area contributed by atoms with Gasteiger partial charge in [-0.3, -0.25) is 4.99 Å². The molecule has 1 aliphatic carbocycles. The van der Waals surface area contributed by atoms with Crippen LogP contribution in [0.3, 0.4) is 0 Å². The molecular weight excluding hydrogens is 412 g/mol. The van der Waals surface area contributed by atoms with Crippen LogP contribution < -0.4 is 15.0 Å². The second kappa shape index (κ2) is 9.05. The van der Waals surface area contributed by atoms with Gasteiger partial charge < -0.3 is 24.6 Å². The highest BCUT2D eigenvalue weighted by atomic mass is 79.9. The van der Waals surface area contributed by atoms with Gasteiger partial charge in [0.15, 0.2) is 5.96 Å². The summed E-state index contributed by atoms with van der Waals surface area (Å²) in [7, 11) is 5.24. The number of anilines is 1. The van der Waals surface area contributed by atoms with Crippen molar-refractivity contribution in [1.29, 1.82) is 0 Å². The Labute approximate surface area is 169 Å². The molecular formula is C18H29BrN6O2. The highest BCUT2D eigenvalue weighted by Gasteiger charge is 2.42. The molecule has 2 aliphatic rings. The molecule has 1 aromatic heterocycles. The third-order valence-electron chi connectivity index (χ3n) is 5.38. The van der Waals surface area contributed by atoms with Crippen molar-refractivity contribution in [2.75, 3.05) is 65.5 Å². The van der Waals surface area contributed by atoms with Gasteiger partial charge in [0.05, 0.1) is 17.8 Å². The van der Waals surface area contributed by atoms with E-state index in [9.17, 15) is 0 Å². The minimum absolute atomic E-state index is 0.398. The number of halogens is 1. The normalized spacial score (nSPS) is 19.2. The van der Waals surface area contributed by atoms with Gasteiger partial charge in [0.1, 0.15) is 0 Å². The van der Waals surface area contributed by atoms with Gasteiger partial charge in [-0.2, -0.15) is 4.98 Å². The number of nitrogens with zero attached hydrogens (tertiary/aromatic N) is 5. The van der Waals surface area contributed by atoms with Crippen molar-refractivity contribution in [2.24, 2.45) is 10.4 Å². The number of hydrogen-bond donors (Lipinski definition) is 1. The van der Waals surface area contributed by atoms with Crippen LogP contribution in [-0.2, 0) is 4.74 Å². The number of aromatic nitrogens is 2. The van der Waals surface area contributed by atoms with Crippen molar-refractivity contribution >= 4 is 27.8 Å². The predicted octanol–water partition coefficient (Wildman–Crippen LogP) is 1.76. The van der Waals surface area contributed by atoms with Gasteiger partial charge in [0.25, 0.3) is 0 Å². The largest absolute Gasteiger partial charge is 0.480 e. The lowest BCUT2D eigenvalue weighted by molar-refractivity contribution is 0.172. The Hall–Kier alpha value is -1.61. The lowest BCUT2D eigenvalue weighted by atomic mass is 10.0. The van der Waals surface area contributed by atoms with Crippen molar-refractivity contribution in [3.05, 3.63) is 10.7 Å². The quantitative estimate of drug-likeness (QED) is 0.511. The van der Waals surface area contributed by atoms with Crippen LogP contribution in [0.5, 0.6) is 5.88 Å². The van der Waals surface area contributed by atoms with Gasteiger partial charge in [-0.1, -0.05) is 0 Å². The van der Waals surface area contributed by atoms with Crippen LogP contribution in [0, 0.1) is 5.41 Å². The second-order valence-corrected chi connectivity index (χ2v) is 8.00. The van der Waals surface area contributed by atoms with Crippen molar-refractivity contribution in [1.82, 2.24) is 20.2 Å². The van der Waals surface area contributed by atoms with Gasteiger partial charge in [0.2, 0.25) is 11.8 Å². The summed E-state index contributed by atoms with van der Waals surface area (Å²) in [5, 5.41) is 3.58. The molecule has 1 N–H and O–H groups in total. The monoisotopic (exact) mass is 440 g/mol. The minimum atomic E-state index is 0.398. The molecule has 0 bridgehead atoms. The third kappa shape index (κ3) is 5.01. The zero-order valence-electron chi connectivity index (χ0n) is 16.4. The first kappa shape index (κ1) is 20.1. The van der Waals surface area contributed by atoms with Crippen LogP contribution in [-0.4, -0.2) is 81.4 Å². The summed E-state index contributed by atoms with van der Waals surface area (Å²) in [5.74, 6) is 2.24. The number of rotatable bonds is 7. The Kier molecular flexibility index (Phi) is 6.75. The van der Waals surface area contributed by atoms with Gasteiger partial charge in [-0.25, -0.2) is 4.98 Å². The molecule has 3 rings (SSSR count). The fraction of sp³-hybridized carbons (Fsp3) is 0.722. The van der Waals surface area contributed by atoms with Crippen LogP contribution in [0.15, 0.2) is 15.7 Å². The van der Waals surface area contributed by atoms with E-state index in [1.54, 1.807) is 20.4 Å². The standard InChI is InChI=1S/C18H29BrN6O2/c1-20-16(22-13-18(4-5-18)6-11-26-2)24-7-9-25(10-8-24)17-21-12-14(19)15(23-17)27-3/h12H,4-11,13H2,1-3H3,(H,20,22). The summed E-state index contributed by atoms with van der Waals surface area (Å²) in [4.78, 5) is 17.9. The molecule has 0 amide bonds. The highest BCUT2D eigenvalue weighted by Crippen LogP contribution is 2.48. The zero-order valence-corrected chi connectivity index (χ0v) is 18.0. The summed E-state index contributed by atoms with van der Waals surface area (Å²) in [6.45, 7) is 5.26. The van der Waals surface area contributed by atoms with Crippen LogP contribution >= 0.6 is 15.9 Å². The van der Waals surface area contributed by atoms with E-state index in [0.29, 0.717) is 17.2 Å². The SMILES string of the molecule is CN=C(NCC1(CCOC)CC1)N1CCN(c2ncc(Br)c(OC)n2)CC1. The summed E-state index contributed by atoms with van der Waals surface area (Å²) < 4.78 is 11.3. The fourth-order valence-electron chi connectivity index (χ4n) is 3.37. The number of methoxy groups -OCH3 is 2. The molecule has 0 atom stereocenters. The molecule has 1 saturated carbocycles. The Morgan fingerprint density at radius 1 is 1.30 bits per heavy atom. The van der Waals surface area contributed by atoms with E-state index in [2.05, 4.69) is 46.0 Å². The number of piperazine rings is 1. The summed E-state index contributed by atoms with van der Waals surface area (Å²) >= 11 is 3.40. The maximum absolute atomic E-state index is 5.28. The summed E-state index contributed by atoms with van der Waals surface area (Å²) in [5.41, 5.74) is 0.398. The Morgan fingerprint density at radius 3 is 2.63 bits per heavy atom. The van der Waals surface area contributed by atoms with E-state index >= 15 is 0 Å². The Balaban J connectivity index is 1.51. The smallest absolute Gasteiger partial charge is 0.232 e. The van der Waals surface area contributed by atoms with Crippen LogP contribution in [0.4, 0.5) is 5.95 Å². The lowest BCUT2D eigenvalue weighted by Gasteiger charge is -2.37. The van der Waals surface area contributed by atoms with E-state index in [0.717, 1.165) is 56.2 Å². The highest BCUT2D eigenvalue weighted by molar-refractivity contribution is 9.10. The van der Waals surface area contributed by atoms with E-state index in [1.165, 1.54) is 12.8 Å². The summed E-state index contributed by atoms with van der Waals surface area (Å²) in [6.07, 6.45) is 5.40. The average molecular weight is 441 g/mol. The van der Waals surface area contributed by atoms with Crippen molar-refractivity contribution in [3.8, 4) is 5.88 Å². The average Bonchev–Trinajstić information content (AvgIpc) is 3.48. The van der Waals surface area contributed by atoms with Crippen LogP contribution in [0.2, 0.25) is 0 Å². The number of hydrogen-bond acceptors (Lipinski definition) is 6. The maximum Gasteiger partial charge on any atom is 0.232 e. The number of nitrogens with one attached hydrogen (secondary N) is 1. The molecule has 0 spiro atoms. The van der Waals surface area contributed by atoms with E-state index in [1.807, 2.05) is 7.05 Å². The maximum atomic E-state index is 5.28. The molecule has 9 heteroatoms. The Bertz CT molecular complexity index is 659. The number of aliphatic imine (C=N–C) groups is 1. The molecule has 0 aromatic carbocycles. The topological polar surface area (TPSA) is 75.1 Å². The fourth-order valence-corrected chi connectivity index (χ4v) is 3.72. The molecule has 150 valence electrons. The molecule has 1 aromatic rings. The van der Waals surface area contributed by atoms with Crippen LogP contribution in [0.25, 0.3) is 0 Å². The van der Waals surface area contributed by atoms with Gasteiger partial charge in [0, 0.05) is 53.5 Å². The second-order valence-electron chi connectivity index (χ2n) is 7.14. The first-order valence-corrected chi connectivity index (χ1v) is 10.2. The third-order valence-corrected chi connectivity index (χ3v) is 5.93. The van der Waals surface area contributed by atoms with Gasteiger partial charge >= 0.3 is 0 Å². The molecule has 1 saturated heterocycles.